The van der Waals surface area contributed by atoms with E-state index in [1.165, 1.54) is 34.5 Å². The summed E-state index contributed by atoms with van der Waals surface area (Å²) in [6.45, 7) is 7.81. The maximum atomic E-state index is 13.1. The van der Waals surface area contributed by atoms with E-state index in [4.69, 9.17) is 4.74 Å². The van der Waals surface area contributed by atoms with Crippen LogP contribution in [-0.2, 0) is 19.6 Å². The van der Waals surface area contributed by atoms with Crippen molar-refractivity contribution in [3.8, 4) is 0 Å². The number of para-hydroxylation sites is 1. The molecule has 2 amide bonds. The minimum absolute atomic E-state index is 0.0445. The van der Waals surface area contributed by atoms with Crippen LogP contribution in [0.1, 0.15) is 35.3 Å². The van der Waals surface area contributed by atoms with Crippen LogP contribution in [0.25, 0.3) is 0 Å². The van der Waals surface area contributed by atoms with Gasteiger partial charge in [-0.3, -0.25) is 9.59 Å². The molecule has 2 aromatic rings. The first-order valence-corrected chi connectivity index (χ1v) is 12.3. The Morgan fingerprint density at radius 2 is 1.64 bits per heavy atom. The number of sulfonamides is 1. The van der Waals surface area contributed by atoms with Gasteiger partial charge in [0.15, 0.2) is 0 Å². The second-order valence-electron chi connectivity index (χ2n) is 8.58. The maximum Gasteiger partial charge on any atom is 0.254 e. The van der Waals surface area contributed by atoms with Crippen LogP contribution < -0.4 is 5.32 Å². The predicted octanol–water partition coefficient (Wildman–Crippen LogP) is 2.81. The highest BCUT2D eigenvalue weighted by atomic mass is 32.2. The second kappa shape index (κ2) is 10.0. The van der Waals surface area contributed by atoms with Crippen molar-refractivity contribution >= 4 is 27.5 Å². The number of likely N-dealkylation sites (N-methyl/N-ethyl adjacent to an activating group) is 1. The normalized spacial score (nSPS) is 19.2. The van der Waals surface area contributed by atoms with Crippen molar-refractivity contribution in [3.63, 3.8) is 0 Å². The fourth-order valence-corrected chi connectivity index (χ4v) is 5.60. The Kier molecular flexibility index (Phi) is 7.56. The van der Waals surface area contributed by atoms with Crippen LogP contribution in [0, 0.1) is 13.8 Å². The summed E-state index contributed by atoms with van der Waals surface area (Å²) in [4.78, 5) is 26.8. The molecule has 2 unspecified atom stereocenters. The van der Waals surface area contributed by atoms with E-state index in [0.717, 1.165) is 16.8 Å². The standard InChI is InChI=1S/C24H31N3O5S/c1-16-8-6-9-17(2)23(16)25-22(28)15-26(5)24(29)20-10-7-11-21(12-20)33(30,31)27-13-18(3)32-19(4)14-27/h6-12,18-19H,13-15H2,1-5H3,(H,25,28). The van der Waals surface area contributed by atoms with Crippen molar-refractivity contribution in [2.24, 2.45) is 0 Å². The third-order valence-corrected chi connectivity index (χ3v) is 7.41. The van der Waals surface area contributed by atoms with Gasteiger partial charge in [-0.05, 0) is 57.0 Å². The lowest BCUT2D eigenvalue weighted by molar-refractivity contribution is -0.116. The summed E-state index contributed by atoms with van der Waals surface area (Å²) in [6.07, 6.45) is -0.426. The molecule has 8 nitrogen and oxygen atoms in total. The predicted molar refractivity (Wildman–Crippen MR) is 127 cm³/mol. The molecule has 1 heterocycles. The van der Waals surface area contributed by atoms with Gasteiger partial charge in [-0.2, -0.15) is 4.31 Å². The SMILES string of the molecule is Cc1cccc(C)c1NC(=O)CN(C)C(=O)c1cccc(S(=O)(=O)N2CC(C)OC(C)C2)c1. The molecule has 0 saturated carbocycles. The van der Waals surface area contributed by atoms with Crippen molar-refractivity contribution in [3.05, 3.63) is 59.2 Å². The number of carbonyl (C=O) groups is 2. The summed E-state index contributed by atoms with van der Waals surface area (Å²) in [5.74, 6) is -0.768. The number of anilines is 1. The first-order chi connectivity index (χ1) is 15.5. The monoisotopic (exact) mass is 473 g/mol. The van der Waals surface area contributed by atoms with E-state index in [-0.39, 0.29) is 48.2 Å². The number of carbonyl (C=O) groups excluding carboxylic acids is 2. The van der Waals surface area contributed by atoms with Crippen molar-refractivity contribution in [2.45, 2.75) is 44.8 Å². The molecular formula is C24H31N3O5S. The lowest BCUT2D eigenvalue weighted by Gasteiger charge is -2.34. The Morgan fingerprint density at radius 3 is 2.24 bits per heavy atom. The number of ether oxygens (including phenoxy) is 1. The quantitative estimate of drug-likeness (QED) is 0.696. The van der Waals surface area contributed by atoms with Gasteiger partial charge in [-0.25, -0.2) is 8.42 Å². The molecule has 2 atom stereocenters. The van der Waals surface area contributed by atoms with Crippen LogP contribution >= 0.6 is 0 Å². The van der Waals surface area contributed by atoms with E-state index in [1.54, 1.807) is 6.07 Å². The molecule has 0 bridgehead atoms. The molecule has 33 heavy (non-hydrogen) atoms. The lowest BCUT2D eigenvalue weighted by Crippen LogP contribution is -2.48. The zero-order chi connectivity index (χ0) is 24.3. The lowest BCUT2D eigenvalue weighted by atomic mass is 10.1. The molecule has 178 valence electrons. The van der Waals surface area contributed by atoms with Crippen molar-refractivity contribution in [1.82, 2.24) is 9.21 Å². The number of hydrogen-bond acceptors (Lipinski definition) is 5. The average molecular weight is 474 g/mol. The number of hydrogen-bond donors (Lipinski definition) is 1. The molecule has 1 fully saturated rings. The number of aryl methyl sites for hydroxylation is 2. The summed E-state index contributed by atoms with van der Waals surface area (Å²) in [5, 5.41) is 2.86. The van der Waals surface area contributed by atoms with Gasteiger partial charge in [0.05, 0.1) is 23.6 Å². The summed E-state index contributed by atoms with van der Waals surface area (Å²) >= 11 is 0. The molecule has 1 saturated heterocycles. The van der Waals surface area contributed by atoms with Crippen molar-refractivity contribution < 1.29 is 22.7 Å². The largest absolute Gasteiger partial charge is 0.373 e. The molecule has 0 aromatic heterocycles. The fraction of sp³-hybridized carbons (Fsp3) is 0.417. The highest BCUT2D eigenvalue weighted by Gasteiger charge is 2.32. The summed E-state index contributed by atoms with van der Waals surface area (Å²) < 4.78 is 33.3. The minimum atomic E-state index is -3.78. The minimum Gasteiger partial charge on any atom is -0.373 e. The number of morpholine rings is 1. The van der Waals surface area contributed by atoms with Gasteiger partial charge in [0.25, 0.3) is 5.91 Å². The highest BCUT2D eigenvalue weighted by molar-refractivity contribution is 7.89. The second-order valence-corrected chi connectivity index (χ2v) is 10.5. The third-order valence-electron chi connectivity index (χ3n) is 5.58. The first kappa shape index (κ1) is 24.9. The maximum absolute atomic E-state index is 13.1. The Labute approximate surface area is 195 Å². The Morgan fingerprint density at radius 1 is 1.06 bits per heavy atom. The smallest absolute Gasteiger partial charge is 0.254 e. The molecule has 1 aliphatic rings. The number of amides is 2. The summed E-state index contributed by atoms with van der Waals surface area (Å²) in [5.41, 5.74) is 2.79. The van der Waals surface area contributed by atoms with Gasteiger partial charge in [-0.1, -0.05) is 24.3 Å². The fourth-order valence-electron chi connectivity index (χ4n) is 3.96. The number of rotatable bonds is 6. The van der Waals surface area contributed by atoms with Crippen LogP contribution in [0.5, 0.6) is 0 Å². The van der Waals surface area contributed by atoms with E-state index >= 15 is 0 Å². The average Bonchev–Trinajstić information content (AvgIpc) is 2.75. The van der Waals surface area contributed by atoms with Crippen LogP contribution in [0.2, 0.25) is 0 Å². The van der Waals surface area contributed by atoms with Gasteiger partial charge in [-0.15, -0.1) is 0 Å². The molecule has 0 radical (unpaired) electrons. The Balaban J connectivity index is 1.72. The highest BCUT2D eigenvalue weighted by Crippen LogP contribution is 2.23. The van der Waals surface area contributed by atoms with Crippen LogP contribution in [0.4, 0.5) is 5.69 Å². The van der Waals surface area contributed by atoms with Gasteiger partial charge >= 0.3 is 0 Å². The number of nitrogens with zero attached hydrogens (tertiary/aromatic N) is 2. The molecule has 0 spiro atoms. The van der Waals surface area contributed by atoms with Gasteiger partial charge in [0, 0.05) is 31.4 Å². The Hall–Kier alpha value is -2.75. The summed E-state index contributed by atoms with van der Waals surface area (Å²) in [6, 6.07) is 11.6. The zero-order valence-corrected chi connectivity index (χ0v) is 20.5. The number of benzene rings is 2. The molecule has 9 heteroatoms. The molecular weight excluding hydrogens is 442 g/mol. The van der Waals surface area contributed by atoms with Crippen molar-refractivity contribution in [2.75, 3.05) is 32.0 Å². The summed E-state index contributed by atoms with van der Waals surface area (Å²) in [7, 11) is -2.27. The third kappa shape index (κ3) is 5.79. The van der Waals surface area contributed by atoms with E-state index in [1.807, 2.05) is 45.9 Å². The topological polar surface area (TPSA) is 96.0 Å². The van der Waals surface area contributed by atoms with Crippen LogP contribution in [0.15, 0.2) is 47.4 Å². The molecule has 1 N–H and O–H groups in total. The molecule has 1 aliphatic heterocycles. The van der Waals surface area contributed by atoms with E-state index in [2.05, 4.69) is 5.32 Å². The van der Waals surface area contributed by atoms with Gasteiger partial charge < -0.3 is 15.0 Å². The van der Waals surface area contributed by atoms with E-state index in [9.17, 15) is 18.0 Å². The number of nitrogens with one attached hydrogen (secondary N) is 1. The molecule has 0 aliphatic carbocycles. The van der Waals surface area contributed by atoms with Gasteiger partial charge in [0.1, 0.15) is 0 Å². The van der Waals surface area contributed by atoms with Crippen LogP contribution in [0.3, 0.4) is 0 Å². The zero-order valence-electron chi connectivity index (χ0n) is 19.7. The molecule has 3 rings (SSSR count). The van der Waals surface area contributed by atoms with E-state index in [0.29, 0.717) is 0 Å². The first-order valence-electron chi connectivity index (χ1n) is 10.9. The van der Waals surface area contributed by atoms with E-state index < -0.39 is 15.9 Å². The van der Waals surface area contributed by atoms with Crippen LogP contribution in [-0.4, -0.2) is 68.3 Å². The van der Waals surface area contributed by atoms with Crippen molar-refractivity contribution in [1.29, 1.82) is 0 Å². The van der Waals surface area contributed by atoms with Gasteiger partial charge in [0.2, 0.25) is 15.9 Å². The Bertz CT molecular complexity index is 1120. The molecule has 2 aromatic carbocycles.